The van der Waals surface area contributed by atoms with Gasteiger partial charge in [-0.2, -0.15) is 4.98 Å². The molecule has 2 aromatic heterocycles. The molecule has 0 spiro atoms. The maximum absolute atomic E-state index is 5.79. The molecule has 1 atom stereocenters. The van der Waals surface area contributed by atoms with Crippen LogP contribution in [-0.4, -0.2) is 20.1 Å². The van der Waals surface area contributed by atoms with E-state index >= 15 is 0 Å². The molecule has 0 aromatic carbocycles. The Morgan fingerprint density at radius 1 is 1.62 bits per heavy atom. The van der Waals surface area contributed by atoms with Gasteiger partial charge in [0.25, 0.3) is 0 Å². The van der Waals surface area contributed by atoms with E-state index in [0.29, 0.717) is 12.3 Å². The summed E-state index contributed by atoms with van der Waals surface area (Å²) in [6, 6.07) is -0.275. The molecule has 0 radical (unpaired) electrons. The Morgan fingerprint density at radius 3 is 3.15 bits per heavy atom. The number of nitrogens with one attached hydrogen (secondary N) is 1. The second-order valence-corrected chi connectivity index (χ2v) is 2.67. The molecule has 0 fully saturated rings. The summed E-state index contributed by atoms with van der Waals surface area (Å²) in [6.45, 7) is 0. The van der Waals surface area contributed by atoms with E-state index in [-0.39, 0.29) is 6.04 Å². The minimum Gasteiger partial charge on any atom is -0.348 e. The summed E-state index contributed by atoms with van der Waals surface area (Å²) in [6.07, 6.45) is 5.27. The van der Waals surface area contributed by atoms with Crippen LogP contribution in [0.5, 0.6) is 0 Å². The van der Waals surface area contributed by atoms with E-state index in [4.69, 9.17) is 10.3 Å². The van der Waals surface area contributed by atoms with E-state index in [0.717, 1.165) is 5.69 Å². The Bertz CT molecular complexity index is 341. The van der Waals surface area contributed by atoms with Crippen molar-refractivity contribution in [1.82, 2.24) is 20.1 Å². The first kappa shape index (κ1) is 7.93. The summed E-state index contributed by atoms with van der Waals surface area (Å²) < 4.78 is 4.82. The standard InChI is InChI=1S/C7H9N5O/c8-6(7-11-4-12-13-7)1-5-2-9-3-10-5/h2-4,6H,1,8H2,(H,9,10). The molecular formula is C7H9N5O. The molecule has 0 aliphatic rings. The molecule has 6 nitrogen and oxygen atoms in total. The number of rotatable bonds is 3. The average Bonchev–Trinajstić information content (AvgIpc) is 2.74. The van der Waals surface area contributed by atoms with Crippen LogP contribution in [0.25, 0.3) is 0 Å². The summed E-state index contributed by atoms with van der Waals surface area (Å²) in [7, 11) is 0. The number of nitrogens with two attached hydrogens (primary N) is 1. The van der Waals surface area contributed by atoms with E-state index in [9.17, 15) is 0 Å². The highest BCUT2D eigenvalue weighted by molar-refractivity contribution is 5.00. The minimum atomic E-state index is -0.275. The van der Waals surface area contributed by atoms with Crippen LogP contribution in [0, 0.1) is 0 Å². The smallest absolute Gasteiger partial charge is 0.243 e. The predicted molar refractivity (Wildman–Crippen MR) is 43.5 cm³/mol. The van der Waals surface area contributed by atoms with Crippen molar-refractivity contribution in [2.24, 2.45) is 5.73 Å². The van der Waals surface area contributed by atoms with Gasteiger partial charge in [0.1, 0.15) is 0 Å². The zero-order valence-corrected chi connectivity index (χ0v) is 6.84. The van der Waals surface area contributed by atoms with Gasteiger partial charge >= 0.3 is 0 Å². The van der Waals surface area contributed by atoms with Crippen molar-refractivity contribution in [3.63, 3.8) is 0 Å². The largest absolute Gasteiger partial charge is 0.348 e. The van der Waals surface area contributed by atoms with Crippen LogP contribution in [-0.2, 0) is 6.42 Å². The van der Waals surface area contributed by atoms with Gasteiger partial charge in [-0.3, -0.25) is 0 Å². The van der Waals surface area contributed by atoms with Crippen LogP contribution in [0.1, 0.15) is 17.6 Å². The lowest BCUT2D eigenvalue weighted by atomic mass is 10.2. The summed E-state index contributed by atoms with van der Waals surface area (Å²) in [5, 5.41) is 3.48. The zero-order chi connectivity index (χ0) is 9.10. The zero-order valence-electron chi connectivity index (χ0n) is 6.84. The molecule has 3 N–H and O–H groups in total. The Morgan fingerprint density at radius 2 is 2.54 bits per heavy atom. The van der Waals surface area contributed by atoms with Gasteiger partial charge in [-0.1, -0.05) is 5.16 Å². The topological polar surface area (TPSA) is 93.6 Å². The molecule has 0 saturated carbocycles. The molecule has 0 aliphatic carbocycles. The summed E-state index contributed by atoms with van der Waals surface area (Å²) in [5.74, 6) is 0.439. The van der Waals surface area contributed by atoms with Crippen molar-refractivity contribution >= 4 is 0 Å². The molecule has 13 heavy (non-hydrogen) atoms. The van der Waals surface area contributed by atoms with Crippen LogP contribution in [0.4, 0.5) is 0 Å². The number of aromatic nitrogens is 4. The van der Waals surface area contributed by atoms with Crippen LogP contribution in [0.15, 0.2) is 23.4 Å². The predicted octanol–water partition coefficient (Wildman–Crippen LogP) is 0.0352. The molecular weight excluding hydrogens is 170 g/mol. The van der Waals surface area contributed by atoms with Gasteiger partial charge in [0.15, 0.2) is 6.33 Å². The Kier molecular flexibility index (Phi) is 2.05. The molecule has 0 aliphatic heterocycles. The van der Waals surface area contributed by atoms with Crippen LogP contribution in [0.3, 0.4) is 0 Å². The van der Waals surface area contributed by atoms with Gasteiger partial charge in [-0.15, -0.1) is 0 Å². The summed E-state index contributed by atoms with van der Waals surface area (Å²) >= 11 is 0. The van der Waals surface area contributed by atoms with Gasteiger partial charge in [-0.25, -0.2) is 4.98 Å². The van der Waals surface area contributed by atoms with Crippen molar-refractivity contribution in [2.45, 2.75) is 12.5 Å². The van der Waals surface area contributed by atoms with Gasteiger partial charge in [0.2, 0.25) is 5.89 Å². The molecule has 68 valence electrons. The third kappa shape index (κ3) is 1.73. The first-order valence-electron chi connectivity index (χ1n) is 3.85. The monoisotopic (exact) mass is 179 g/mol. The molecule has 6 heteroatoms. The van der Waals surface area contributed by atoms with Gasteiger partial charge in [0, 0.05) is 18.3 Å². The third-order valence-electron chi connectivity index (χ3n) is 1.69. The van der Waals surface area contributed by atoms with E-state index < -0.39 is 0 Å². The molecule has 0 saturated heterocycles. The van der Waals surface area contributed by atoms with Crippen molar-refractivity contribution in [2.75, 3.05) is 0 Å². The number of imidazole rings is 1. The van der Waals surface area contributed by atoms with Crippen molar-refractivity contribution in [3.8, 4) is 0 Å². The molecule has 2 heterocycles. The second-order valence-electron chi connectivity index (χ2n) is 2.67. The van der Waals surface area contributed by atoms with Gasteiger partial charge in [-0.05, 0) is 0 Å². The highest BCUT2D eigenvalue weighted by Gasteiger charge is 2.12. The number of nitrogens with zero attached hydrogens (tertiary/aromatic N) is 3. The van der Waals surface area contributed by atoms with Crippen molar-refractivity contribution < 1.29 is 4.52 Å². The molecule has 0 bridgehead atoms. The number of hydrogen-bond acceptors (Lipinski definition) is 5. The minimum absolute atomic E-state index is 0.275. The second kappa shape index (κ2) is 3.36. The highest BCUT2D eigenvalue weighted by Crippen LogP contribution is 2.10. The lowest BCUT2D eigenvalue weighted by Crippen LogP contribution is -2.13. The molecule has 2 aromatic rings. The Balaban J connectivity index is 2.04. The maximum atomic E-state index is 5.79. The quantitative estimate of drug-likeness (QED) is 0.693. The lowest BCUT2D eigenvalue weighted by Gasteiger charge is -2.03. The summed E-state index contributed by atoms with van der Waals surface area (Å²) in [4.78, 5) is 10.7. The van der Waals surface area contributed by atoms with Crippen LogP contribution < -0.4 is 5.73 Å². The van der Waals surface area contributed by atoms with E-state index in [1.165, 1.54) is 6.33 Å². The molecule has 0 amide bonds. The van der Waals surface area contributed by atoms with Crippen molar-refractivity contribution in [3.05, 3.63) is 30.4 Å². The fourth-order valence-electron chi connectivity index (χ4n) is 1.07. The van der Waals surface area contributed by atoms with Crippen LogP contribution >= 0.6 is 0 Å². The van der Waals surface area contributed by atoms with E-state index in [2.05, 4.69) is 20.1 Å². The number of aromatic amines is 1. The SMILES string of the molecule is NC(Cc1cnc[nH]1)c1ncno1. The Hall–Kier alpha value is -1.69. The van der Waals surface area contributed by atoms with Gasteiger partial charge < -0.3 is 15.2 Å². The van der Waals surface area contributed by atoms with Crippen LogP contribution in [0.2, 0.25) is 0 Å². The molecule has 2 rings (SSSR count). The van der Waals surface area contributed by atoms with Crippen molar-refractivity contribution in [1.29, 1.82) is 0 Å². The Labute approximate surface area is 74.2 Å². The fourth-order valence-corrected chi connectivity index (χ4v) is 1.07. The third-order valence-corrected chi connectivity index (χ3v) is 1.69. The van der Waals surface area contributed by atoms with Gasteiger partial charge in [0.05, 0.1) is 12.4 Å². The lowest BCUT2D eigenvalue weighted by molar-refractivity contribution is 0.353. The maximum Gasteiger partial charge on any atom is 0.243 e. The number of hydrogen-bond donors (Lipinski definition) is 2. The van der Waals surface area contributed by atoms with E-state index in [1.54, 1.807) is 12.5 Å². The first-order chi connectivity index (χ1) is 6.36. The highest BCUT2D eigenvalue weighted by atomic mass is 16.5. The normalized spacial score (nSPS) is 13.0. The average molecular weight is 179 g/mol. The first-order valence-corrected chi connectivity index (χ1v) is 3.85. The number of H-pyrrole nitrogens is 1. The van der Waals surface area contributed by atoms with E-state index in [1.807, 2.05) is 0 Å². The fraction of sp³-hybridized carbons (Fsp3) is 0.286. The molecule has 1 unspecified atom stereocenters. The summed E-state index contributed by atoms with van der Waals surface area (Å²) in [5.41, 5.74) is 6.74.